The molecule has 0 aliphatic carbocycles. The zero-order valence-electron chi connectivity index (χ0n) is 16.3. The number of hydrogen-bond acceptors (Lipinski definition) is 6. The molecule has 2 aromatic carbocycles. The highest BCUT2D eigenvalue weighted by Crippen LogP contribution is 2.25. The van der Waals surface area contributed by atoms with Crippen molar-refractivity contribution in [2.75, 3.05) is 10.6 Å². The molecule has 0 saturated carbocycles. The number of hydrogen-bond donors (Lipinski definition) is 1. The van der Waals surface area contributed by atoms with Crippen molar-refractivity contribution in [2.24, 2.45) is 0 Å². The Bertz CT molecular complexity index is 1220. The van der Waals surface area contributed by atoms with Crippen LogP contribution in [0.1, 0.15) is 12.8 Å². The predicted octanol–water partition coefficient (Wildman–Crippen LogP) is 3.14. The van der Waals surface area contributed by atoms with E-state index in [0.29, 0.717) is 21.0 Å². The topological polar surface area (TPSA) is 105 Å². The van der Waals surface area contributed by atoms with E-state index in [9.17, 15) is 22.0 Å². The van der Waals surface area contributed by atoms with Crippen LogP contribution in [0.25, 0.3) is 11.4 Å². The monoisotopic (exact) mass is 470 g/mol. The van der Waals surface area contributed by atoms with Gasteiger partial charge < -0.3 is 9.84 Å². The van der Waals surface area contributed by atoms with E-state index >= 15 is 0 Å². The Morgan fingerprint density at radius 2 is 1.94 bits per heavy atom. The largest absolute Gasteiger partial charge is 0.345 e. The van der Waals surface area contributed by atoms with Crippen LogP contribution in [-0.2, 0) is 21.4 Å². The molecule has 0 spiro atoms. The number of nitrogens with one attached hydrogen (secondary N) is 1. The smallest absolute Gasteiger partial charge is 0.246 e. The highest BCUT2D eigenvalue weighted by atomic mass is 35.5. The third-order valence-corrected chi connectivity index (χ3v) is 5.81. The lowest BCUT2D eigenvalue weighted by molar-refractivity contribution is -0.122. The standard InChI is InChI=1S/C19H17ClF2N4O4S/c1-11(26(31(2,28)29)12-7-8-15(21)16(22)9-12)19(27)23-10-17-24-18(25-30-17)13-5-3-4-6-14(13)20/h3-9,11H,10H2,1-2H3,(H,23,27)/t11-/m1/s1. The number of aromatic nitrogens is 2. The Hall–Kier alpha value is -3.05. The van der Waals surface area contributed by atoms with E-state index in [1.54, 1.807) is 24.3 Å². The fourth-order valence-electron chi connectivity index (χ4n) is 2.82. The van der Waals surface area contributed by atoms with E-state index in [4.69, 9.17) is 16.1 Å². The molecule has 0 fully saturated rings. The van der Waals surface area contributed by atoms with Crippen molar-refractivity contribution in [3.05, 3.63) is 65.0 Å². The highest BCUT2D eigenvalue weighted by molar-refractivity contribution is 7.92. The molecule has 31 heavy (non-hydrogen) atoms. The van der Waals surface area contributed by atoms with Crippen LogP contribution < -0.4 is 9.62 Å². The van der Waals surface area contributed by atoms with E-state index in [1.807, 2.05) is 0 Å². The Morgan fingerprint density at radius 3 is 2.58 bits per heavy atom. The molecule has 0 bridgehead atoms. The average molecular weight is 471 g/mol. The first-order valence-corrected chi connectivity index (χ1v) is 11.1. The van der Waals surface area contributed by atoms with Gasteiger partial charge in [0.1, 0.15) is 6.04 Å². The fourth-order valence-corrected chi connectivity index (χ4v) is 4.21. The van der Waals surface area contributed by atoms with Crippen LogP contribution in [-0.4, -0.2) is 36.8 Å². The lowest BCUT2D eigenvalue weighted by Gasteiger charge is -2.28. The van der Waals surface area contributed by atoms with Gasteiger partial charge in [-0.15, -0.1) is 0 Å². The van der Waals surface area contributed by atoms with Crippen LogP contribution in [0.4, 0.5) is 14.5 Å². The predicted molar refractivity (Wildman–Crippen MR) is 110 cm³/mol. The molecule has 1 amide bonds. The molecule has 12 heteroatoms. The van der Waals surface area contributed by atoms with Gasteiger partial charge in [-0.25, -0.2) is 17.2 Å². The van der Waals surface area contributed by atoms with Crippen LogP contribution in [0.3, 0.4) is 0 Å². The fraction of sp³-hybridized carbons (Fsp3) is 0.211. The summed E-state index contributed by atoms with van der Waals surface area (Å²) in [4.78, 5) is 16.7. The van der Waals surface area contributed by atoms with Crippen molar-refractivity contribution in [3.63, 3.8) is 0 Å². The second-order valence-corrected chi connectivity index (χ2v) is 8.81. The summed E-state index contributed by atoms with van der Waals surface area (Å²) in [6.45, 7) is 1.12. The molecule has 1 atom stereocenters. The van der Waals surface area contributed by atoms with Gasteiger partial charge >= 0.3 is 0 Å². The summed E-state index contributed by atoms with van der Waals surface area (Å²) >= 11 is 6.09. The minimum atomic E-state index is -3.99. The van der Waals surface area contributed by atoms with Gasteiger partial charge in [0.05, 0.1) is 23.5 Å². The first-order valence-electron chi connectivity index (χ1n) is 8.87. The molecular weight excluding hydrogens is 454 g/mol. The van der Waals surface area contributed by atoms with Crippen molar-refractivity contribution >= 4 is 33.2 Å². The summed E-state index contributed by atoms with van der Waals surface area (Å²) in [5.41, 5.74) is 0.350. The number of anilines is 1. The maximum atomic E-state index is 13.6. The zero-order chi connectivity index (χ0) is 22.8. The van der Waals surface area contributed by atoms with Gasteiger partial charge in [0.2, 0.25) is 27.6 Å². The molecule has 0 aliphatic heterocycles. The molecule has 8 nitrogen and oxygen atoms in total. The molecule has 1 N–H and O–H groups in total. The molecule has 3 rings (SSSR count). The van der Waals surface area contributed by atoms with Crippen molar-refractivity contribution < 1.29 is 26.5 Å². The number of nitrogens with zero attached hydrogens (tertiary/aromatic N) is 3. The summed E-state index contributed by atoms with van der Waals surface area (Å²) in [6, 6.07) is 8.13. The third kappa shape index (κ3) is 5.17. The summed E-state index contributed by atoms with van der Waals surface area (Å²) in [5.74, 6) is -2.80. The Labute approximate surface area is 181 Å². The van der Waals surface area contributed by atoms with Gasteiger partial charge in [0.15, 0.2) is 11.6 Å². The van der Waals surface area contributed by atoms with Gasteiger partial charge in [-0.2, -0.15) is 4.98 Å². The van der Waals surface area contributed by atoms with E-state index in [1.165, 1.54) is 6.92 Å². The number of rotatable bonds is 7. The summed E-state index contributed by atoms with van der Waals surface area (Å²) in [5, 5.41) is 6.71. The number of halogens is 3. The van der Waals surface area contributed by atoms with Crippen molar-refractivity contribution in [2.45, 2.75) is 19.5 Å². The summed E-state index contributed by atoms with van der Waals surface area (Å²) < 4.78 is 57.0. The second kappa shape index (κ2) is 8.98. The lowest BCUT2D eigenvalue weighted by Crippen LogP contribution is -2.47. The van der Waals surface area contributed by atoms with Gasteiger partial charge in [0.25, 0.3) is 0 Å². The Kier molecular flexibility index (Phi) is 6.56. The van der Waals surface area contributed by atoms with Crippen LogP contribution >= 0.6 is 11.6 Å². The number of carbonyl (C=O) groups is 1. The maximum absolute atomic E-state index is 13.6. The van der Waals surface area contributed by atoms with Crippen LogP contribution in [0.15, 0.2) is 47.0 Å². The van der Waals surface area contributed by atoms with E-state index in [0.717, 1.165) is 18.4 Å². The molecule has 0 aliphatic rings. The molecule has 1 heterocycles. The van der Waals surface area contributed by atoms with Gasteiger partial charge in [-0.1, -0.05) is 28.9 Å². The quantitative estimate of drug-likeness (QED) is 0.568. The summed E-state index contributed by atoms with van der Waals surface area (Å²) in [7, 11) is -3.99. The maximum Gasteiger partial charge on any atom is 0.246 e. The second-order valence-electron chi connectivity index (χ2n) is 6.54. The van der Waals surface area contributed by atoms with E-state index in [-0.39, 0.29) is 23.9 Å². The SMILES string of the molecule is C[C@H](C(=O)NCc1nc(-c2ccccc2Cl)no1)N(c1ccc(F)c(F)c1)S(C)(=O)=O. The highest BCUT2D eigenvalue weighted by Gasteiger charge is 2.30. The first-order chi connectivity index (χ1) is 14.6. The van der Waals surface area contributed by atoms with E-state index < -0.39 is 33.6 Å². The lowest BCUT2D eigenvalue weighted by atomic mass is 10.2. The van der Waals surface area contributed by atoms with E-state index in [2.05, 4.69) is 15.5 Å². The number of benzene rings is 2. The summed E-state index contributed by atoms with van der Waals surface area (Å²) in [6.07, 6.45) is 0.853. The van der Waals surface area contributed by atoms with Gasteiger partial charge in [-0.3, -0.25) is 9.10 Å². The molecule has 0 unspecified atom stereocenters. The molecule has 3 aromatic rings. The first kappa shape index (κ1) is 22.6. The minimum Gasteiger partial charge on any atom is -0.345 e. The van der Waals surface area contributed by atoms with Gasteiger partial charge in [0, 0.05) is 11.6 Å². The molecular formula is C19H17ClF2N4O4S. The average Bonchev–Trinajstić information content (AvgIpc) is 3.17. The number of amides is 1. The number of carbonyl (C=O) groups excluding carboxylic acids is 1. The Morgan fingerprint density at radius 1 is 1.23 bits per heavy atom. The molecule has 1 aromatic heterocycles. The minimum absolute atomic E-state index is 0.0641. The van der Waals surface area contributed by atoms with Crippen LogP contribution in [0.2, 0.25) is 5.02 Å². The Balaban J connectivity index is 1.74. The third-order valence-electron chi connectivity index (χ3n) is 4.24. The zero-order valence-corrected chi connectivity index (χ0v) is 17.9. The van der Waals surface area contributed by atoms with Crippen LogP contribution in [0.5, 0.6) is 0 Å². The van der Waals surface area contributed by atoms with Crippen molar-refractivity contribution in [1.82, 2.24) is 15.5 Å². The van der Waals surface area contributed by atoms with Crippen LogP contribution in [0, 0.1) is 11.6 Å². The van der Waals surface area contributed by atoms with Gasteiger partial charge in [-0.05, 0) is 31.2 Å². The van der Waals surface area contributed by atoms with Crippen molar-refractivity contribution in [3.8, 4) is 11.4 Å². The molecule has 164 valence electrons. The van der Waals surface area contributed by atoms with Crippen molar-refractivity contribution in [1.29, 1.82) is 0 Å². The number of sulfonamides is 1. The molecule has 0 saturated heterocycles. The normalized spacial score (nSPS) is 12.4. The molecule has 0 radical (unpaired) electrons.